The molecule has 10 aromatic heterocycles. The average Bonchev–Trinajstić information content (AvgIpc) is 1.60. The number of hydrogen-bond donors (Lipinski definition) is 8. The van der Waals surface area contributed by atoms with Crippen molar-refractivity contribution in [3.8, 4) is 23.8 Å². The molecule has 14 heterocycles. The first-order chi connectivity index (χ1) is 58.8. The Morgan fingerprint density at radius 2 is 0.696 bits per heavy atom. The van der Waals surface area contributed by atoms with E-state index in [0.717, 1.165) is 47.7 Å². The van der Waals surface area contributed by atoms with E-state index in [1.165, 1.54) is 30.1 Å². The minimum atomic E-state index is -4.32. The van der Waals surface area contributed by atoms with E-state index in [1.807, 2.05) is 0 Å². The first kappa shape index (κ1) is 85.4. The summed E-state index contributed by atoms with van der Waals surface area (Å²) in [7, 11) is 0. The lowest BCUT2D eigenvalue weighted by Crippen LogP contribution is -2.27. The van der Waals surface area contributed by atoms with Crippen molar-refractivity contribution in [3.63, 3.8) is 0 Å². The number of halogens is 15. The van der Waals surface area contributed by atoms with Crippen LogP contribution in [0.2, 0.25) is 14.4 Å². The fraction of sp³-hybridized carbons (Fsp3) is 0.225. The maximum Gasteiger partial charge on any atom is 0.389 e. The second kappa shape index (κ2) is 30.9. The second-order valence-electron chi connectivity index (χ2n) is 31.2. The molecule has 0 saturated heterocycles. The fourth-order valence-electron chi connectivity index (χ4n) is 14.8. The number of aryl methyl sites for hydroxylation is 1. The van der Waals surface area contributed by atoms with Gasteiger partial charge in [0.15, 0.2) is 34.9 Å². The van der Waals surface area contributed by atoms with Gasteiger partial charge < -0.3 is 44.2 Å². The molecule has 642 valence electrons. The van der Waals surface area contributed by atoms with Crippen LogP contribution in [0.3, 0.4) is 0 Å². The highest BCUT2D eigenvalue weighted by molar-refractivity contribution is 7.22. The summed E-state index contributed by atoms with van der Waals surface area (Å²) < 4.78 is 170. The summed E-state index contributed by atoms with van der Waals surface area (Å²) in [6.07, 6.45) is -6.60. The lowest BCUT2D eigenvalue weighted by atomic mass is 9.87. The number of anilines is 8. The maximum absolute atomic E-state index is 14.3. The number of alkyl halides is 3. The molecule has 19 rings (SSSR count). The van der Waals surface area contributed by atoms with Gasteiger partial charge in [-0.1, -0.05) is 34.8 Å². The van der Waals surface area contributed by atoms with Gasteiger partial charge in [0.25, 0.3) is 23.8 Å². The number of aromatic nitrogens is 16. The standard InChI is InChI=1S/C22H16ClF3N6O.C20H14ClF3N6OS.C20H15F3N6OS.C18H16ClF3N6O/c1-22(2)16-18(27)28-21(30-19(16)29-20(22)33)32-15-6-3-9(23)7-11(15)14(31-32)8-10-12(24)4-5-13(25)17(10)26;1-20(2)13-15(25)26-19(28-16(13)27-18(20)31)30-17-8(6-12(21)32-17)11(29-30)5-7-9(22)3-4-10(23)14(7)24;1-20(2)14-16(24)25-19(27-17(14)26-18(20)30)29-13-7-31-6-9(13)12(28-29)5-8-10(21)3-4-11(22)15(8)23;1-17(2)12-13(23)24-16(26-14(12)25-15(17)29)28-11-4-3-8(19)7-9(11)10(27-28)5-6-18(20,21)22/h3-7H,8H2,1-2H3,(H3,27,28,29,30,33);3-4,6H,5H2,1-2H3,(H3,25,26,27,28,31);3-4,6-7H,5H2,1-2H3,(H3,24,25,26,27,30);3-4,7H,5-6H2,1-2H3,(H3,23,24,25,26,29). The molecule has 125 heavy (non-hydrogen) atoms. The predicted octanol–water partition coefficient (Wildman–Crippen LogP) is 16.1. The average molecular weight is 1820 g/mol. The Kier molecular flexibility index (Phi) is 21.1. The van der Waals surface area contributed by atoms with Crippen molar-refractivity contribution >= 4 is 171 Å². The number of nitrogens with two attached hydrogens (primary N) is 4. The fourth-order valence-corrected chi connectivity index (χ4v) is 17.2. The summed E-state index contributed by atoms with van der Waals surface area (Å²) >= 11 is 20.9. The van der Waals surface area contributed by atoms with E-state index in [1.54, 1.807) is 109 Å². The Bertz CT molecular complexity index is 7150. The number of fused-ring (bicyclic) bond motifs is 8. The summed E-state index contributed by atoms with van der Waals surface area (Å²) in [6, 6.07) is 16.0. The molecule has 4 aliphatic rings. The van der Waals surface area contributed by atoms with Crippen LogP contribution in [0.1, 0.15) is 124 Å². The Labute approximate surface area is 718 Å². The van der Waals surface area contributed by atoms with Crippen molar-refractivity contribution in [2.24, 2.45) is 0 Å². The van der Waals surface area contributed by atoms with Gasteiger partial charge in [-0.3, -0.25) is 19.2 Å². The van der Waals surface area contributed by atoms with E-state index in [4.69, 9.17) is 57.7 Å². The molecule has 0 bridgehead atoms. The third-order valence-electron chi connectivity index (χ3n) is 21.5. The molecular weight excluding hydrogens is 1760 g/mol. The van der Waals surface area contributed by atoms with Gasteiger partial charge in [0, 0.05) is 91.1 Å². The largest absolute Gasteiger partial charge is 0.389 e. The van der Waals surface area contributed by atoms with Gasteiger partial charge in [-0.05, 0) is 134 Å². The summed E-state index contributed by atoms with van der Waals surface area (Å²) in [5, 5.41) is 34.7. The van der Waals surface area contributed by atoms with E-state index in [9.17, 15) is 71.9 Å². The molecule has 0 saturated carbocycles. The van der Waals surface area contributed by atoms with Crippen molar-refractivity contribution in [2.75, 3.05) is 44.2 Å². The molecule has 4 aliphatic heterocycles. The van der Waals surface area contributed by atoms with E-state index in [2.05, 4.69) is 81.5 Å². The SMILES string of the molecule is CC1(C)C(=O)Nc2nc(-n3nc(CCC(F)(F)F)c4cc(Cl)ccc43)nc(N)c21.CC1(C)C(=O)Nc2nc(-n3nc(Cc4c(F)ccc(F)c4F)c4cc(Cl)ccc43)nc(N)c21.CC1(C)C(=O)Nc2nc(-n3nc(Cc4c(F)ccc(F)c4F)c4cc(Cl)sc43)nc(N)c21.CC1(C)C(=O)Nc2nc(-n3nc(Cc4c(F)ccc(F)c4F)c4cscc43)nc(N)c21. The molecule has 0 spiro atoms. The topological polar surface area (TPSA) is 395 Å². The van der Waals surface area contributed by atoms with Crippen molar-refractivity contribution in [2.45, 2.75) is 115 Å². The minimum absolute atomic E-state index is 0.0445. The van der Waals surface area contributed by atoms with Gasteiger partial charge in [0.05, 0.1) is 87.6 Å². The van der Waals surface area contributed by atoms with E-state index >= 15 is 0 Å². The molecule has 0 fully saturated rings. The predicted molar refractivity (Wildman–Crippen MR) is 443 cm³/mol. The number of nitrogens with zero attached hydrogens (tertiary/aromatic N) is 16. The summed E-state index contributed by atoms with van der Waals surface area (Å²) in [5.74, 6) is -9.25. The third-order valence-corrected chi connectivity index (χ3v) is 23.9. The summed E-state index contributed by atoms with van der Waals surface area (Å²) in [5.41, 5.74) is 24.1. The highest BCUT2D eigenvalue weighted by Crippen LogP contribution is 2.46. The smallest absolute Gasteiger partial charge is 0.383 e. The summed E-state index contributed by atoms with van der Waals surface area (Å²) in [6.45, 7) is 13.7. The molecule has 0 atom stereocenters. The number of nitrogens with one attached hydrogen (secondary N) is 4. The van der Waals surface area contributed by atoms with Crippen molar-refractivity contribution in [1.82, 2.24) is 79.0 Å². The van der Waals surface area contributed by atoms with Crippen molar-refractivity contribution in [3.05, 3.63) is 218 Å². The van der Waals surface area contributed by atoms with Crippen LogP contribution in [0.15, 0.2) is 89.6 Å². The number of benzene rings is 5. The molecule has 5 aromatic carbocycles. The van der Waals surface area contributed by atoms with Crippen LogP contribution < -0.4 is 44.2 Å². The first-order valence-corrected chi connectivity index (χ1v) is 40.1. The van der Waals surface area contributed by atoms with Crippen LogP contribution in [0.4, 0.5) is 99.2 Å². The number of carbonyl (C=O) groups is 4. The van der Waals surface area contributed by atoms with Crippen LogP contribution in [-0.2, 0) is 66.5 Å². The zero-order chi connectivity index (χ0) is 89.8. The molecule has 0 aliphatic carbocycles. The summed E-state index contributed by atoms with van der Waals surface area (Å²) in [4.78, 5) is 84.4. The molecule has 4 amide bonds. The van der Waals surface area contributed by atoms with E-state index in [-0.39, 0.29) is 131 Å². The molecule has 0 radical (unpaired) electrons. The second-order valence-corrected chi connectivity index (χ2v) is 34.4. The monoisotopic (exact) mass is 1820 g/mol. The van der Waals surface area contributed by atoms with Gasteiger partial charge in [-0.25, -0.2) is 39.5 Å². The van der Waals surface area contributed by atoms with Crippen LogP contribution >= 0.6 is 57.5 Å². The van der Waals surface area contributed by atoms with Crippen molar-refractivity contribution in [1.29, 1.82) is 0 Å². The Morgan fingerprint density at radius 1 is 0.384 bits per heavy atom. The number of thiophene rings is 2. The number of nitrogen functional groups attached to an aromatic ring is 4. The normalized spacial score (nSPS) is 14.9. The minimum Gasteiger partial charge on any atom is -0.383 e. The number of rotatable bonds is 12. The zero-order valence-electron chi connectivity index (χ0n) is 65.8. The van der Waals surface area contributed by atoms with Gasteiger partial charge in [0.2, 0.25) is 23.6 Å². The highest BCUT2D eigenvalue weighted by Gasteiger charge is 2.47. The third kappa shape index (κ3) is 15.0. The lowest BCUT2D eigenvalue weighted by Gasteiger charge is -2.16. The number of amides is 4. The molecule has 45 heteroatoms. The van der Waals surface area contributed by atoms with Crippen LogP contribution in [0, 0.1) is 52.4 Å². The van der Waals surface area contributed by atoms with Crippen LogP contribution in [-0.4, -0.2) is 109 Å². The highest BCUT2D eigenvalue weighted by atomic mass is 35.5. The van der Waals surface area contributed by atoms with Gasteiger partial charge in [-0.15, -0.1) is 22.7 Å². The van der Waals surface area contributed by atoms with Gasteiger partial charge in [-0.2, -0.15) is 92.2 Å². The quantitative estimate of drug-likeness (QED) is 0.0416. The molecular formula is C80H61Cl3F12N24O4S2. The Morgan fingerprint density at radius 3 is 1.06 bits per heavy atom. The Balaban J connectivity index is 0.000000123. The Hall–Kier alpha value is -13.2. The zero-order valence-corrected chi connectivity index (χ0v) is 69.7. The van der Waals surface area contributed by atoms with Gasteiger partial charge >= 0.3 is 6.18 Å². The maximum atomic E-state index is 14.3. The van der Waals surface area contributed by atoms with Crippen LogP contribution in [0.5, 0.6) is 0 Å². The van der Waals surface area contributed by atoms with E-state index in [0.29, 0.717) is 91.1 Å². The van der Waals surface area contributed by atoms with E-state index < -0.39 is 103 Å². The number of hydrogen-bond acceptors (Lipinski definition) is 22. The first-order valence-electron chi connectivity index (χ1n) is 37.2. The van der Waals surface area contributed by atoms with Gasteiger partial charge in [0.1, 0.15) is 68.8 Å². The molecule has 12 N–H and O–H groups in total. The molecule has 28 nitrogen and oxygen atoms in total. The molecule has 0 unspecified atom stereocenters. The van der Waals surface area contributed by atoms with Crippen molar-refractivity contribution < 1.29 is 71.9 Å². The van der Waals surface area contributed by atoms with Crippen LogP contribution in [0.25, 0.3) is 66.7 Å². The number of carbonyl (C=O) groups excluding carboxylic acids is 4. The molecule has 15 aromatic rings. The lowest BCUT2D eigenvalue weighted by molar-refractivity contribution is -0.134.